The van der Waals surface area contributed by atoms with Gasteiger partial charge in [0.1, 0.15) is 11.5 Å². The molecule has 0 fully saturated rings. The maximum absolute atomic E-state index is 5.90. The van der Waals surface area contributed by atoms with Crippen molar-refractivity contribution in [2.24, 2.45) is 11.8 Å². The summed E-state index contributed by atoms with van der Waals surface area (Å²) in [5.74, 6) is 2.97. The first kappa shape index (κ1) is 23.7. The van der Waals surface area contributed by atoms with Gasteiger partial charge in [0, 0.05) is 0 Å². The lowest BCUT2D eigenvalue weighted by atomic mass is 9.95. The summed E-state index contributed by atoms with van der Waals surface area (Å²) < 4.78 is 11.8. The Labute approximate surface area is 193 Å². The summed E-state index contributed by atoms with van der Waals surface area (Å²) in [4.78, 5) is 0. The first-order valence-electron chi connectivity index (χ1n) is 11.8. The highest BCUT2D eigenvalue weighted by atomic mass is 16.5. The van der Waals surface area contributed by atoms with E-state index in [-0.39, 0.29) is 0 Å². The highest BCUT2D eigenvalue weighted by Crippen LogP contribution is 2.31. The van der Waals surface area contributed by atoms with Gasteiger partial charge >= 0.3 is 0 Å². The van der Waals surface area contributed by atoms with Crippen LogP contribution >= 0.6 is 0 Å². The Balaban J connectivity index is 1.74. The lowest BCUT2D eigenvalue weighted by Crippen LogP contribution is -2.07. The molecule has 2 nitrogen and oxygen atoms in total. The standard InChI is InChI=1S/C30H36O2/c1-6-22(4)20-31-28-14-9-25(10-15-28)27-13-18-30(24(8-3)19-27)26-11-16-29(17-12-26)32-21-23(5)7-2/h8-19,22-23H,3,6-7,20-21H2,1-2,4-5H3/t22-,23-/m1/s1. The first-order valence-corrected chi connectivity index (χ1v) is 11.8. The Bertz CT molecular complexity index is 986. The lowest BCUT2D eigenvalue weighted by molar-refractivity contribution is 0.256. The molecule has 0 saturated heterocycles. The van der Waals surface area contributed by atoms with Crippen LogP contribution in [0.15, 0.2) is 73.3 Å². The summed E-state index contributed by atoms with van der Waals surface area (Å²) in [5, 5.41) is 0. The Morgan fingerprint density at radius 2 is 1.16 bits per heavy atom. The van der Waals surface area contributed by atoms with Crippen LogP contribution in [0.1, 0.15) is 46.1 Å². The molecule has 3 aromatic carbocycles. The zero-order chi connectivity index (χ0) is 22.9. The van der Waals surface area contributed by atoms with Gasteiger partial charge in [0.25, 0.3) is 0 Å². The predicted molar refractivity (Wildman–Crippen MR) is 137 cm³/mol. The molecule has 2 atom stereocenters. The number of hydrogen-bond acceptors (Lipinski definition) is 2. The van der Waals surface area contributed by atoms with E-state index in [1.165, 1.54) is 16.7 Å². The van der Waals surface area contributed by atoms with E-state index in [1.807, 2.05) is 6.08 Å². The van der Waals surface area contributed by atoms with Crippen molar-refractivity contribution in [2.45, 2.75) is 40.5 Å². The summed E-state index contributed by atoms with van der Waals surface area (Å²) in [5.41, 5.74) is 5.80. The molecule has 2 heteroatoms. The monoisotopic (exact) mass is 428 g/mol. The molecule has 168 valence electrons. The molecular weight excluding hydrogens is 392 g/mol. The minimum atomic E-state index is 0.565. The second-order valence-electron chi connectivity index (χ2n) is 8.70. The number of hydrogen-bond donors (Lipinski definition) is 0. The molecule has 0 heterocycles. The van der Waals surface area contributed by atoms with Crippen molar-refractivity contribution >= 4 is 6.08 Å². The highest BCUT2D eigenvalue weighted by molar-refractivity contribution is 5.79. The Kier molecular flexibility index (Phi) is 8.56. The summed E-state index contributed by atoms with van der Waals surface area (Å²) in [7, 11) is 0. The minimum Gasteiger partial charge on any atom is -0.493 e. The van der Waals surface area contributed by atoms with Crippen molar-refractivity contribution in [1.82, 2.24) is 0 Å². The maximum Gasteiger partial charge on any atom is 0.119 e. The van der Waals surface area contributed by atoms with E-state index in [1.54, 1.807) is 0 Å². The molecule has 0 spiro atoms. The molecule has 3 rings (SSSR count). The molecule has 0 amide bonds. The van der Waals surface area contributed by atoms with Crippen LogP contribution in [-0.4, -0.2) is 13.2 Å². The van der Waals surface area contributed by atoms with Crippen LogP contribution in [0.3, 0.4) is 0 Å². The SMILES string of the molecule is C=Cc1cc(-c2ccc(OC[C@H](C)CC)cc2)ccc1-c1ccc(OC[C@H](C)CC)cc1. The average molecular weight is 429 g/mol. The van der Waals surface area contributed by atoms with Gasteiger partial charge in [-0.2, -0.15) is 0 Å². The van der Waals surface area contributed by atoms with Crippen LogP contribution in [0.25, 0.3) is 28.3 Å². The van der Waals surface area contributed by atoms with Crippen molar-refractivity contribution in [3.63, 3.8) is 0 Å². The number of ether oxygens (including phenoxy) is 2. The van der Waals surface area contributed by atoms with E-state index in [9.17, 15) is 0 Å². The molecule has 0 aliphatic carbocycles. The van der Waals surface area contributed by atoms with Gasteiger partial charge in [0.2, 0.25) is 0 Å². The molecule has 0 N–H and O–H groups in total. The maximum atomic E-state index is 5.90. The molecular formula is C30H36O2. The van der Waals surface area contributed by atoms with Crippen molar-refractivity contribution in [2.75, 3.05) is 13.2 Å². The van der Waals surface area contributed by atoms with E-state index in [0.29, 0.717) is 11.8 Å². The summed E-state index contributed by atoms with van der Waals surface area (Å²) in [6.07, 6.45) is 4.18. The van der Waals surface area contributed by atoms with Crippen LogP contribution in [-0.2, 0) is 0 Å². The largest absolute Gasteiger partial charge is 0.493 e. The predicted octanol–water partition coefficient (Wildman–Crippen LogP) is 8.51. The molecule has 0 saturated carbocycles. The van der Waals surface area contributed by atoms with Crippen molar-refractivity contribution in [3.8, 4) is 33.8 Å². The molecule has 0 radical (unpaired) electrons. The molecule has 3 aromatic rings. The second kappa shape index (κ2) is 11.6. The fraction of sp³-hybridized carbons (Fsp3) is 0.333. The van der Waals surface area contributed by atoms with Gasteiger partial charge in [-0.15, -0.1) is 0 Å². The van der Waals surface area contributed by atoms with Gasteiger partial charge in [-0.05, 0) is 70.0 Å². The van der Waals surface area contributed by atoms with Gasteiger partial charge < -0.3 is 9.47 Å². The smallest absolute Gasteiger partial charge is 0.119 e. The van der Waals surface area contributed by atoms with Gasteiger partial charge in [0.05, 0.1) is 13.2 Å². The Morgan fingerprint density at radius 3 is 1.62 bits per heavy atom. The summed E-state index contributed by atoms with van der Waals surface area (Å²) in [6.45, 7) is 14.3. The van der Waals surface area contributed by atoms with Crippen LogP contribution in [0, 0.1) is 11.8 Å². The number of benzene rings is 3. The first-order chi connectivity index (χ1) is 15.5. The zero-order valence-corrected chi connectivity index (χ0v) is 19.9. The van der Waals surface area contributed by atoms with Gasteiger partial charge in [-0.25, -0.2) is 0 Å². The third-order valence-corrected chi connectivity index (χ3v) is 6.09. The van der Waals surface area contributed by atoms with Crippen molar-refractivity contribution in [1.29, 1.82) is 0 Å². The molecule has 0 bridgehead atoms. The van der Waals surface area contributed by atoms with E-state index in [0.717, 1.165) is 48.7 Å². The third-order valence-electron chi connectivity index (χ3n) is 6.09. The lowest BCUT2D eigenvalue weighted by Gasteiger charge is -2.13. The molecule has 0 aliphatic rings. The summed E-state index contributed by atoms with van der Waals surface area (Å²) >= 11 is 0. The van der Waals surface area contributed by atoms with Crippen molar-refractivity contribution in [3.05, 3.63) is 78.9 Å². The van der Waals surface area contributed by atoms with Gasteiger partial charge in [0.15, 0.2) is 0 Å². The molecule has 0 aliphatic heterocycles. The van der Waals surface area contributed by atoms with Crippen molar-refractivity contribution < 1.29 is 9.47 Å². The van der Waals surface area contributed by atoms with E-state index < -0.39 is 0 Å². The summed E-state index contributed by atoms with van der Waals surface area (Å²) in [6, 6.07) is 23.2. The minimum absolute atomic E-state index is 0.565. The molecule has 0 unspecified atom stereocenters. The zero-order valence-electron chi connectivity index (χ0n) is 19.9. The van der Waals surface area contributed by atoms with Crippen LogP contribution < -0.4 is 9.47 Å². The van der Waals surface area contributed by atoms with Crippen LogP contribution in [0.5, 0.6) is 11.5 Å². The Hall–Kier alpha value is -3.00. The van der Waals surface area contributed by atoms with E-state index in [4.69, 9.17) is 9.47 Å². The van der Waals surface area contributed by atoms with E-state index >= 15 is 0 Å². The van der Waals surface area contributed by atoms with Gasteiger partial charge in [-0.3, -0.25) is 0 Å². The Morgan fingerprint density at radius 1 is 0.688 bits per heavy atom. The topological polar surface area (TPSA) is 18.5 Å². The fourth-order valence-corrected chi connectivity index (χ4v) is 3.36. The van der Waals surface area contributed by atoms with Crippen LogP contribution in [0.4, 0.5) is 0 Å². The molecule has 0 aromatic heterocycles. The quantitative estimate of drug-likeness (QED) is 0.305. The second-order valence-corrected chi connectivity index (χ2v) is 8.70. The van der Waals surface area contributed by atoms with Gasteiger partial charge in [-0.1, -0.05) is 89.6 Å². The average Bonchev–Trinajstić information content (AvgIpc) is 2.86. The fourth-order valence-electron chi connectivity index (χ4n) is 3.36. The number of rotatable bonds is 11. The molecule has 32 heavy (non-hydrogen) atoms. The normalized spacial score (nSPS) is 12.8. The third kappa shape index (κ3) is 6.26. The highest BCUT2D eigenvalue weighted by Gasteiger charge is 2.08. The van der Waals surface area contributed by atoms with E-state index in [2.05, 4.69) is 101 Å². The van der Waals surface area contributed by atoms with Crippen LogP contribution in [0.2, 0.25) is 0 Å².